The Morgan fingerprint density at radius 2 is 1.70 bits per heavy atom. The van der Waals surface area contributed by atoms with E-state index in [0.717, 1.165) is 29.8 Å². The van der Waals surface area contributed by atoms with Crippen LogP contribution in [0, 0.1) is 6.92 Å². The molecule has 1 aromatic carbocycles. The highest BCUT2D eigenvalue weighted by Gasteiger charge is 2.37. The van der Waals surface area contributed by atoms with Crippen LogP contribution in [0.25, 0.3) is 0 Å². The minimum atomic E-state index is -5.14. The average molecular weight is 490 g/mol. The molecule has 0 aliphatic carbocycles. The van der Waals surface area contributed by atoms with Crippen LogP contribution in [0.15, 0.2) is 57.2 Å². The molecule has 13 heteroatoms. The number of benzene rings is 1. The summed E-state index contributed by atoms with van der Waals surface area (Å²) in [4.78, 5) is 32.6. The number of hydrogen-bond acceptors (Lipinski definition) is 7. The molecule has 0 fully saturated rings. The van der Waals surface area contributed by atoms with Crippen molar-refractivity contribution in [2.75, 3.05) is 0 Å². The SMILES string of the molecule is Cc1ccnc(SCc2cc(=O)c(OC(=O)c3cc(C(F)(F)F)cc(C(F)(F)F)c3)co2)n1. The van der Waals surface area contributed by atoms with Crippen LogP contribution in [0.1, 0.15) is 32.9 Å². The monoisotopic (exact) mass is 490 g/mol. The van der Waals surface area contributed by atoms with Gasteiger partial charge in [0.15, 0.2) is 5.16 Å². The molecule has 33 heavy (non-hydrogen) atoms. The van der Waals surface area contributed by atoms with Crippen molar-refractivity contribution in [3.63, 3.8) is 0 Å². The van der Waals surface area contributed by atoms with Crippen LogP contribution >= 0.6 is 11.8 Å². The van der Waals surface area contributed by atoms with Crippen molar-refractivity contribution in [2.45, 2.75) is 30.2 Å². The summed E-state index contributed by atoms with van der Waals surface area (Å²) in [6, 6.07) is 2.93. The molecule has 0 unspecified atom stereocenters. The van der Waals surface area contributed by atoms with E-state index in [-0.39, 0.29) is 29.7 Å². The number of rotatable bonds is 5. The number of carbonyl (C=O) groups is 1. The molecule has 0 spiro atoms. The van der Waals surface area contributed by atoms with Crippen LogP contribution in [0.3, 0.4) is 0 Å². The summed E-state index contributed by atoms with van der Waals surface area (Å²) in [6.45, 7) is 1.76. The Morgan fingerprint density at radius 1 is 1.06 bits per heavy atom. The van der Waals surface area contributed by atoms with Gasteiger partial charge in [0.25, 0.3) is 0 Å². The molecular weight excluding hydrogens is 478 g/mol. The molecule has 0 saturated carbocycles. The van der Waals surface area contributed by atoms with Gasteiger partial charge in [-0.25, -0.2) is 14.8 Å². The van der Waals surface area contributed by atoms with Crippen LogP contribution in [-0.2, 0) is 18.1 Å². The summed E-state index contributed by atoms with van der Waals surface area (Å²) < 4.78 is 87.6. The number of carbonyl (C=O) groups excluding carboxylic acids is 1. The van der Waals surface area contributed by atoms with Crippen molar-refractivity contribution in [3.05, 3.63) is 81.2 Å². The highest BCUT2D eigenvalue weighted by atomic mass is 32.2. The Hall–Kier alpha value is -3.35. The Morgan fingerprint density at radius 3 is 2.24 bits per heavy atom. The van der Waals surface area contributed by atoms with E-state index in [9.17, 15) is 35.9 Å². The predicted molar refractivity (Wildman–Crippen MR) is 103 cm³/mol. The first-order chi connectivity index (χ1) is 15.3. The van der Waals surface area contributed by atoms with E-state index in [2.05, 4.69) is 14.7 Å². The maximum Gasteiger partial charge on any atom is 0.416 e. The summed E-state index contributed by atoms with van der Waals surface area (Å²) in [5, 5.41) is 0.415. The zero-order valence-corrected chi connectivity index (χ0v) is 17.3. The Balaban J connectivity index is 1.79. The van der Waals surface area contributed by atoms with Gasteiger partial charge in [-0.05, 0) is 31.2 Å². The average Bonchev–Trinajstić information content (AvgIpc) is 2.72. The van der Waals surface area contributed by atoms with Gasteiger partial charge in [0.1, 0.15) is 12.0 Å². The zero-order valence-electron chi connectivity index (χ0n) is 16.5. The number of alkyl halides is 6. The van der Waals surface area contributed by atoms with E-state index in [4.69, 9.17) is 4.42 Å². The van der Waals surface area contributed by atoms with Gasteiger partial charge >= 0.3 is 18.3 Å². The van der Waals surface area contributed by atoms with E-state index in [1.165, 1.54) is 0 Å². The molecule has 0 saturated heterocycles. The molecule has 0 aliphatic heterocycles. The van der Waals surface area contributed by atoms with Crippen molar-refractivity contribution in [3.8, 4) is 5.75 Å². The van der Waals surface area contributed by atoms with Gasteiger partial charge in [0.2, 0.25) is 11.2 Å². The first-order valence-corrected chi connectivity index (χ1v) is 9.87. The van der Waals surface area contributed by atoms with Crippen molar-refractivity contribution >= 4 is 17.7 Å². The molecule has 174 valence electrons. The van der Waals surface area contributed by atoms with Crippen molar-refractivity contribution in [1.82, 2.24) is 9.97 Å². The standard InChI is InChI=1S/C20H12F6N2O4S/c1-10-2-3-27-18(28-10)33-9-14-7-15(29)16(8-31-14)32-17(30)11-4-12(19(21,22)23)6-13(5-11)20(24,25)26/h2-8H,9H2,1H3. The molecule has 3 aromatic rings. The van der Waals surface area contributed by atoms with Crippen LogP contribution < -0.4 is 10.2 Å². The second-order valence-electron chi connectivity index (χ2n) is 6.53. The molecule has 2 aromatic heterocycles. The molecule has 6 nitrogen and oxygen atoms in total. The highest BCUT2D eigenvalue weighted by Crippen LogP contribution is 2.36. The van der Waals surface area contributed by atoms with Crippen molar-refractivity contribution in [1.29, 1.82) is 0 Å². The van der Waals surface area contributed by atoms with Crippen LogP contribution in [0.2, 0.25) is 0 Å². The van der Waals surface area contributed by atoms with E-state index in [1.807, 2.05) is 0 Å². The Kier molecular flexibility index (Phi) is 6.81. The maximum absolute atomic E-state index is 13.0. The second kappa shape index (κ2) is 9.25. The number of halogens is 6. The van der Waals surface area contributed by atoms with Crippen molar-refractivity contribution < 1.29 is 40.3 Å². The van der Waals surface area contributed by atoms with Gasteiger partial charge in [-0.3, -0.25) is 4.79 Å². The topological polar surface area (TPSA) is 82.3 Å². The predicted octanol–water partition coefficient (Wildman–Crippen LogP) is 5.29. The lowest BCUT2D eigenvalue weighted by molar-refractivity contribution is -0.143. The largest absolute Gasteiger partial charge is 0.464 e. The molecule has 3 rings (SSSR count). The summed E-state index contributed by atoms with van der Waals surface area (Å²) in [5.74, 6) is -2.01. The normalized spacial score (nSPS) is 12.0. The third-order valence-corrected chi connectivity index (χ3v) is 4.88. The second-order valence-corrected chi connectivity index (χ2v) is 7.47. The molecule has 0 amide bonds. The third kappa shape index (κ3) is 6.34. The molecule has 0 aliphatic rings. The number of aromatic nitrogens is 2. The first-order valence-electron chi connectivity index (χ1n) is 8.89. The molecule has 0 bridgehead atoms. The number of hydrogen-bond donors (Lipinski definition) is 0. The van der Waals surface area contributed by atoms with Crippen LogP contribution in [0.5, 0.6) is 5.75 Å². The van der Waals surface area contributed by atoms with Crippen LogP contribution in [0.4, 0.5) is 26.3 Å². The number of aryl methyl sites for hydroxylation is 1. The Bertz CT molecular complexity index is 1210. The summed E-state index contributed by atoms with van der Waals surface area (Å²) in [7, 11) is 0. The smallest absolute Gasteiger partial charge is 0.416 e. The van der Waals surface area contributed by atoms with Crippen LogP contribution in [-0.4, -0.2) is 15.9 Å². The van der Waals surface area contributed by atoms with Gasteiger partial charge in [-0.2, -0.15) is 26.3 Å². The fourth-order valence-corrected chi connectivity index (χ4v) is 3.22. The lowest BCUT2D eigenvalue weighted by Gasteiger charge is -2.13. The maximum atomic E-state index is 13.0. The molecule has 0 N–H and O–H groups in total. The number of ether oxygens (including phenoxy) is 1. The minimum Gasteiger partial charge on any atom is -0.464 e. The zero-order chi connectivity index (χ0) is 24.4. The first kappa shape index (κ1) is 24.3. The molecular formula is C20H12F6N2O4S. The number of esters is 1. The highest BCUT2D eigenvalue weighted by molar-refractivity contribution is 7.98. The van der Waals surface area contributed by atoms with E-state index < -0.39 is 46.2 Å². The van der Waals surface area contributed by atoms with Gasteiger partial charge in [-0.15, -0.1) is 0 Å². The third-order valence-electron chi connectivity index (χ3n) is 3.99. The van der Waals surface area contributed by atoms with Gasteiger partial charge in [-0.1, -0.05) is 11.8 Å². The summed E-state index contributed by atoms with van der Waals surface area (Å²) in [5.41, 5.74) is -4.56. The minimum absolute atomic E-state index is 0.129. The van der Waals surface area contributed by atoms with E-state index in [0.29, 0.717) is 5.16 Å². The Labute approximate surface area is 185 Å². The molecule has 0 radical (unpaired) electrons. The van der Waals surface area contributed by atoms with E-state index in [1.54, 1.807) is 19.2 Å². The van der Waals surface area contributed by atoms with Gasteiger partial charge < -0.3 is 9.15 Å². The summed E-state index contributed by atoms with van der Waals surface area (Å²) in [6.07, 6.45) is -8.00. The molecule has 2 heterocycles. The van der Waals surface area contributed by atoms with Gasteiger partial charge in [0.05, 0.1) is 22.4 Å². The number of thioether (sulfide) groups is 1. The lowest BCUT2D eigenvalue weighted by atomic mass is 10.0. The fraction of sp³-hybridized carbons (Fsp3) is 0.200. The lowest BCUT2D eigenvalue weighted by Crippen LogP contribution is -2.18. The quantitative estimate of drug-likeness (QED) is 0.208. The van der Waals surface area contributed by atoms with Gasteiger partial charge in [0, 0.05) is 18.0 Å². The van der Waals surface area contributed by atoms with Crippen molar-refractivity contribution in [2.24, 2.45) is 0 Å². The summed E-state index contributed by atoms with van der Waals surface area (Å²) >= 11 is 1.15. The number of nitrogens with zero attached hydrogens (tertiary/aromatic N) is 2. The fourth-order valence-electron chi connectivity index (χ4n) is 2.45. The molecule has 0 atom stereocenters. The van der Waals surface area contributed by atoms with E-state index >= 15 is 0 Å².